The molecule has 0 saturated carbocycles. The van der Waals surface area contributed by atoms with E-state index in [0.29, 0.717) is 12.3 Å². The smallest absolute Gasteiger partial charge is 0.264 e. The average Bonchev–Trinajstić information content (AvgIpc) is 2.86. The standard InChI is InChI=1S/C14H16N4O3/c1-2-21-12-5-3-10(4-6-12)9-15-17-13(19)7-11-8-14(20)18-16-11/h3-6,8-9H,2,7H2,1H3,(H,17,19)(H2,16,18,20)/b15-9-. The largest absolute Gasteiger partial charge is 0.494 e. The van der Waals surface area contributed by atoms with Crippen LogP contribution in [0.3, 0.4) is 0 Å². The van der Waals surface area contributed by atoms with Crippen molar-refractivity contribution >= 4 is 12.1 Å². The Kier molecular flexibility index (Phi) is 4.92. The lowest BCUT2D eigenvalue weighted by Gasteiger charge is -2.02. The highest BCUT2D eigenvalue weighted by Gasteiger charge is 2.03. The Labute approximate surface area is 121 Å². The zero-order chi connectivity index (χ0) is 15.1. The van der Waals surface area contributed by atoms with E-state index in [9.17, 15) is 9.59 Å². The topological polar surface area (TPSA) is 99.3 Å². The molecule has 0 fully saturated rings. The lowest BCUT2D eigenvalue weighted by molar-refractivity contribution is -0.120. The monoisotopic (exact) mass is 288 g/mol. The molecule has 0 bridgehead atoms. The first-order valence-corrected chi connectivity index (χ1v) is 6.48. The molecule has 3 N–H and O–H groups in total. The van der Waals surface area contributed by atoms with Gasteiger partial charge in [-0.3, -0.25) is 14.7 Å². The van der Waals surface area contributed by atoms with Gasteiger partial charge in [-0.05, 0) is 36.8 Å². The third-order valence-electron chi connectivity index (χ3n) is 2.60. The van der Waals surface area contributed by atoms with Crippen LogP contribution in [0.2, 0.25) is 0 Å². The molecule has 0 aliphatic heterocycles. The van der Waals surface area contributed by atoms with E-state index in [0.717, 1.165) is 11.3 Å². The molecule has 0 radical (unpaired) electrons. The summed E-state index contributed by atoms with van der Waals surface area (Å²) in [7, 11) is 0. The number of carbonyl (C=O) groups excluding carboxylic acids is 1. The van der Waals surface area contributed by atoms with Crippen molar-refractivity contribution in [3.63, 3.8) is 0 Å². The molecule has 2 rings (SSSR count). The summed E-state index contributed by atoms with van der Waals surface area (Å²) in [5.74, 6) is 0.475. The van der Waals surface area contributed by atoms with Gasteiger partial charge in [-0.15, -0.1) is 0 Å². The summed E-state index contributed by atoms with van der Waals surface area (Å²) in [6.07, 6.45) is 1.59. The molecule has 0 atom stereocenters. The summed E-state index contributed by atoms with van der Waals surface area (Å²) < 4.78 is 5.33. The first kappa shape index (κ1) is 14.6. The van der Waals surface area contributed by atoms with Crippen LogP contribution < -0.4 is 15.7 Å². The van der Waals surface area contributed by atoms with Gasteiger partial charge in [-0.2, -0.15) is 5.10 Å². The minimum Gasteiger partial charge on any atom is -0.494 e. The lowest BCUT2D eigenvalue weighted by Crippen LogP contribution is -2.20. The fourth-order valence-corrected chi connectivity index (χ4v) is 1.68. The molecule has 1 aromatic carbocycles. The SMILES string of the molecule is CCOc1ccc(/C=N\NC(=O)Cc2cc(=O)[nH][nH]2)cc1. The highest BCUT2D eigenvalue weighted by Crippen LogP contribution is 2.10. The van der Waals surface area contributed by atoms with Gasteiger partial charge in [0, 0.05) is 11.8 Å². The normalized spacial score (nSPS) is 10.7. The molecule has 0 aliphatic rings. The number of hydrazone groups is 1. The molecule has 7 nitrogen and oxygen atoms in total. The Morgan fingerprint density at radius 3 is 2.71 bits per heavy atom. The van der Waals surface area contributed by atoms with Crippen molar-refractivity contribution in [3.05, 3.63) is 51.9 Å². The van der Waals surface area contributed by atoms with E-state index >= 15 is 0 Å². The number of hydrogen-bond donors (Lipinski definition) is 3. The maximum Gasteiger partial charge on any atom is 0.264 e. The number of aromatic nitrogens is 2. The maximum atomic E-state index is 11.6. The first-order valence-electron chi connectivity index (χ1n) is 6.48. The van der Waals surface area contributed by atoms with Crippen LogP contribution in [0.15, 0.2) is 40.2 Å². The Balaban J connectivity index is 1.83. The molecule has 0 unspecified atom stereocenters. The third kappa shape index (κ3) is 4.64. The molecule has 1 amide bonds. The Morgan fingerprint density at radius 1 is 1.33 bits per heavy atom. The van der Waals surface area contributed by atoms with Gasteiger partial charge in [0.1, 0.15) is 5.75 Å². The van der Waals surface area contributed by atoms with E-state index in [1.165, 1.54) is 12.3 Å². The minimum atomic E-state index is -0.313. The summed E-state index contributed by atoms with van der Waals surface area (Å²) in [6.45, 7) is 2.54. The molecule has 0 saturated heterocycles. The van der Waals surface area contributed by atoms with Crippen LogP contribution in [0.5, 0.6) is 5.75 Å². The quantitative estimate of drug-likeness (QED) is 0.541. The van der Waals surface area contributed by atoms with Crippen molar-refractivity contribution in [2.75, 3.05) is 6.61 Å². The molecule has 2 aromatic rings. The van der Waals surface area contributed by atoms with Gasteiger partial charge in [-0.25, -0.2) is 5.43 Å². The number of ether oxygens (including phenoxy) is 1. The van der Waals surface area contributed by atoms with Crippen molar-refractivity contribution in [3.8, 4) is 5.75 Å². The van der Waals surface area contributed by atoms with E-state index in [1.54, 1.807) is 0 Å². The van der Waals surface area contributed by atoms with Crippen molar-refractivity contribution in [2.45, 2.75) is 13.3 Å². The maximum absolute atomic E-state index is 11.6. The Hall–Kier alpha value is -2.83. The van der Waals surface area contributed by atoms with Crippen molar-refractivity contribution in [2.24, 2.45) is 5.10 Å². The molecular weight excluding hydrogens is 272 g/mol. The van der Waals surface area contributed by atoms with Gasteiger partial charge < -0.3 is 9.84 Å². The minimum absolute atomic E-state index is 0.0549. The molecule has 110 valence electrons. The highest BCUT2D eigenvalue weighted by atomic mass is 16.5. The number of benzene rings is 1. The number of carbonyl (C=O) groups is 1. The van der Waals surface area contributed by atoms with Crippen LogP contribution in [-0.2, 0) is 11.2 Å². The van der Waals surface area contributed by atoms with Crippen LogP contribution >= 0.6 is 0 Å². The number of hydrogen-bond acceptors (Lipinski definition) is 4. The van der Waals surface area contributed by atoms with Crippen LogP contribution in [-0.4, -0.2) is 28.9 Å². The summed E-state index contributed by atoms with van der Waals surface area (Å²) in [5.41, 5.74) is 3.47. The number of nitrogens with zero attached hydrogens (tertiary/aromatic N) is 1. The predicted molar refractivity (Wildman–Crippen MR) is 78.5 cm³/mol. The number of H-pyrrole nitrogens is 2. The van der Waals surface area contributed by atoms with Gasteiger partial charge in [0.15, 0.2) is 0 Å². The lowest BCUT2D eigenvalue weighted by atomic mass is 10.2. The summed E-state index contributed by atoms with van der Waals surface area (Å²) in [6, 6.07) is 8.67. The van der Waals surface area contributed by atoms with Gasteiger partial charge >= 0.3 is 0 Å². The Morgan fingerprint density at radius 2 is 2.10 bits per heavy atom. The van der Waals surface area contributed by atoms with Crippen molar-refractivity contribution < 1.29 is 9.53 Å². The zero-order valence-corrected chi connectivity index (χ0v) is 11.6. The van der Waals surface area contributed by atoms with Crippen LogP contribution in [0.25, 0.3) is 0 Å². The fourth-order valence-electron chi connectivity index (χ4n) is 1.68. The van der Waals surface area contributed by atoms with E-state index in [-0.39, 0.29) is 17.9 Å². The summed E-state index contributed by atoms with van der Waals surface area (Å²) >= 11 is 0. The van der Waals surface area contributed by atoms with Gasteiger partial charge in [0.05, 0.1) is 19.2 Å². The van der Waals surface area contributed by atoms with Crippen LogP contribution in [0.1, 0.15) is 18.2 Å². The van der Waals surface area contributed by atoms with E-state index in [4.69, 9.17) is 4.74 Å². The Bertz CT molecular complexity index is 670. The third-order valence-corrected chi connectivity index (χ3v) is 2.60. The number of aromatic amines is 2. The van der Waals surface area contributed by atoms with Gasteiger partial charge in [0.25, 0.3) is 5.56 Å². The second-order valence-corrected chi connectivity index (χ2v) is 4.26. The number of rotatable bonds is 6. The molecular formula is C14H16N4O3. The first-order chi connectivity index (χ1) is 10.2. The van der Waals surface area contributed by atoms with Crippen LogP contribution in [0.4, 0.5) is 0 Å². The number of nitrogens with one attached hydrogen (secondary N) is 3. The van der Waals surface area contributed by atoms with Crippen molar-refractivity contribution in [1.29, 1.82) is 0 Å². The second-order valence-electron chi connectivity index (χ2n) is 4.26. The van der Waals surface area contributed by atoms with Gasteiger partial charge in [-0.1, -0.05) is 0 Å². The van der Waals surface area contributed by atoms with E-state index in [2.05, 4.69) is 20.7 Å². The molecule has 0 spiro atoms. The molecule has 0 aliphatic carbocycles. The highest BCUT2D eigenvalue weighted by molar-refractivity contribution is 5.83. The molecule has 7 heteroatoms. The van der Waals surface area contributed by atoms with Crippen LogP contribution in [0, 0.1) is 0 Å². The number of amides is 1. The summed E-state index contributed by atoms with van der Waals surface area (Å²) in [5, 5.41) is 8.81. The zero-order valence-electron chi connectivity index (χ0n) is 11.6. The summed E-state index contributed by atoms with van der Waals surface area (Å²) in [4.78, 5) is 22.5. The fraction of sp³-hybridized carbons (Fsp3) is 0.214. The van der Waals surface area contributed by atoms with Gasteiger partial charge in [0.2, 0.25) is 5.91 Å². The van der Waals surface area contributed by atoms with E-state index in [1.807, 2.05) is 31.2 Å². The second kappa shape index (κ2) is 7.09. The predicted octanol–water partition coefficient (Wildman–Crippen LogP) is 0.794. The molecule has 21 heavy (non-hydrogen) atoms. The molecule has 1 aromatic heterocycles. The average molecular weight is 288 g/mol. The molecule has 1 heterocycles. The van der Waals surface area contributed by atoms with Crippen molar-refractivity contribution in [1.82, 2.24) is 15.6 Å². The van der Waals surface area contributed by atoms with E-state index < -0.39 is 0 Å².